The summed E-state index contributed by atoms with van der Waals surface area (Å²) >= 11 is 6.10. The van der Waals surface area contributed by atoms with Crippen LogP contribution in [-0.4, -0.2) is 9.55 Å². The van der Waals surface area contributed by atoms with Gasteiger partial charge >= 0.3 is 0 Å². The normalized spacial score (nSPS) is 11.2. The molecule has 0 unspecified atom stereocenters. The van der Waals surface area contributed by atoms with E-state index in [9.17, 15) is 0 Å². The molecule has 0 N–H and O–H groups in total. The van der Waals surface area contributed by atoms with E-state index in [0.29, 0.717) is 5.88 Å². The van der Waals surface area contributed by atoms with Gasteiger partial charge in [-0.25, -0.2) is 4.98 Å². The summed E-state index contributed by atoms with van der Waals surface area (Å²) in [7, 11) is 0. The van der Waals surface area contributed by atoms with Crippen molar-refractivity contribution in [1.29, 1.82) is 0 Å². The van der Waals surface area contributed by atoms with Crippen molar-refractivity contribution in [2.24, 2.45) is 0 Å². The van der Waals surface area contributed by atoms with Gasteiger partial charge in [-0.3, -0.25) is 4.57 Å². The van der Waals surface area contributed by atoms with Gasteiger partial charge in [0.2, 0.25) is 0 Å². The minimum atomic E-state index is 0.404. The highest BCUT2D eigenvalue weighted by Gasteiger charge is 2.13. The third kappa shape index (κ3) is 2.10. The first-order chi connectivity index (χ1) is 9.60. The highest BCUT2D eigenvalue weighted by Crippen LogP contribution is 2.26. The van der Waals surface area contributed by atoms with E-state index in [2.05, 4.69) is 54.6 Å². The number of hydrogen-bond acceptors (Lipinski definition) is 1. The Morgan fingerprint density at radius 3 is 2.40 bits per heavy atom. The third-order valence-corrected chi connectivity index (χ3v) is 3.77. The van der Waals surface area contributed by atoms with E-state index in [1.165, 1.54) is 16.7 Å². The maximum absolute atomic E-state index is 6.10. The summed E-state index contributed by atoms with van der Waals surface area (Å²) in [6, 6.07) is 12.7. The predicted octanol–water partition coefficient (Wildman–Crippen LogP) is 4.69. The molecule has 0 atom stereocenters. The van der Waals surface area contributed by atoms with Gasteiger partial charge in [0.15, 0.2) is 0 Å². The Morgan fingerprint density at radius 2 is 1.75 bits per heavy atom. The average molecular weight is 285 g/mol. The summed E-state index contributed by atoms with van der Waals surface area (Å²) in [4.78, 5) is 4.66. The number of fused-ring (bicyclic) bond motifs is 1. The molecule has 0 spiro atoms. The molecule has 1 aromatic heterocycles. The molecule has 0 saturated heterocycles. The number of nitrogens with zero attached hydrogens (tertiary/aromatic N) is 2. The molecule has 1 heterocycles. The van der Waals surface area contributed by atoms with Crippen LogP contribution in [0.3, 0.4) is 0 Å². The topological polar surface area (TPSA) is 17.8 Å². The zero-order valence-electron chi connectivity index (χ0n) is 11.9. The second kappa shape index (κ2) is 4.95. The first kappa shape index (κ1) is 13.2. The molecular formula is C17H17ClN2. The van der Waals surface area contributed by atoms with Gasteiger partial charge in [0, 0.05) is 5.69 Å². The zero-order valence-corrected chi connectivity index (χ0v) is 12.7. The van der Waals surface area contributed by atoms with E-state index in [1.54, 1.807) is 0 Å². The quantitative estimate of drug-likeness (QED) is 0.624. The van der Waals surface area contributed by atoms with Crippen LogP contribution in [-0.2, 0) is 5.88 Å². The van der Waals surface area contributed by atoms with Crippen molar-refractivity contribution in [1.82, 2.24) is 9.55 Å². The molecule has 3 aromatic rings. The number of para-hydroxylation sites is 1. The molecule has 2 nitrogen and oxygen atoms in total. The van der Waals surface area contributed by atoms with Gasteiger partial charge < -0.3 is 0 Å². The molecule has 3 heteroatoms. The van der Waals surface area contributed by atoms with Crippen LogP contribution in [0.5, 0.6) is 0 Å². The van der Waals surface area contributed by atoms with Gasteiger partial charge in [-0.1, -0.05) is 18.2 Å². The molecule has 2 aromatic carbocycles. The lowest BCUT2D eigenvalue weighted by Crippen LogP contribution is -2.01. The molecule has 0 aliphatic rings. The molecular weight excluding hydrogens is 268 g/mol. The summed E-state index contributed by atoms with van der Waals surface area (Å²) in [6.07, 6.45) is 0. The van der Waals surface area contributed by atoms with Crippen molar-refractivity contribution in [3.05, 3.63) is 58.9 Å². The van der Waals surface area contributed by atoms with Crippen LogP contribution in [0.25, 0.3) is 16.7 Å². The minimum absolute atomic E-state index is 0.404. The molecule has 0 amide bonds. The van der Waals surface area contributed by atoms with Crippen LogP contribution in [0.2, 0.25) is 0 Å². The number of halogens is 1. The van der Waals surface area contributed by atoms with Crippen LogP contribution in [0.1, 0.15) is 22.5 Å². The molecule has 20 heavy (non-hydrogen) atoms. The van der Waals surface area contributed by atoms with Gasteiger partial charge in [0.25, 0.3) is 0 Å². The number of aryl methyl sites for hydroxylation is 3. The summed E-state index contributed by atoms with van der Waals surface area (Å²) in [5, 5.41) is 0. The molecule has 0 bridgehead atoms. The van der Waals surface area contributed by atoms with Crippen molar-refractivity contribution in [3.8, 4) is 5.69 Å². The van der Waals surface area contributed by atoms with E-state index < -0.39 is 0 Å². The lowest BCUT2D eigenvalue weighted by atomic mass is 10.1. The van der Waals surface area contributed by atoms with E-state index in [-0.39, 0.29) is 0 Å². The van der Waals surface area contributed by atoms with Crippen molar-refractivity contribution in [2.45, 2.75) is 26.7 Å². The largest absolute Gasteiger partial charge is 0.295 e. The van der Waals surface area contributed by atoms with Gasteiger partial charge in [-0.2, -0.15) is 0 Å². The summed E-state index contributed by atoms with van der Waals surface area (Å²) < 4.78 is 2.18. The molecule has 3 rings (SSSR count). The van der Waals surface area contributed by atoms with E-state index in [1.807, 2.05) is 12.1 Å². The number of rotatable bonds is 2. The maximum Gasteiger partial charge on any atom is 0.129 e. The van der Waals surface area contributed by atoms with E-state index in [0.717, 1.165) is 22.5 Å². The minimum Gasteiger partial charge on any atom is -0.295 e. The standard InChI is InChI=1S/C17H17ClN2/c1-11-7-12(2)9-14(8-11)20-16(10-18)19-15-6-4-5-13(3)17(15)20/h4-9H,10H2,1-3H3. The van der Waals surface area contributed by atoms with Crippen molar-refractivity contribution < 1.29 is 0 Å². The summed E-state index contributed by atoms with van der Waals surface area (Å²) in [6.45, 7) is 6.34. The first-order valence-corrected chi connectivity index (χ1v) is 7.25. The Hall–Kier alpha value is -1.80. The second-order valence-electron chi connectivity index (χ2n) is 5.29. The number of aromatic nitrogens is 2. The summed E-state index contributed by atoms with van der Waals surface area (Å²) in [5.41, 5.74) is 6.99. The smallest absolute Gasteiger partial charge is 0.129 e. The van der Waals surface area contributed by atoms with Gasteiger partial charge in [-0.05, 0) is 55.7 Å². The molecule has 0 aliphatic carbocycles. The number of hydrogen-bond donors (Lipinski definition) is 0. The molecule has 102 valence electrons. The van der Waals surface area contributed by atoms with Crippen molar-refractivity contribution >= 4 is 22.6 Å². The third-order valence-electron chi connectivity index (χ3n) is 3.53. The lowest BCUT2D eigenvalue weighted by molar-refractivity contribution is 0.975. The summed E-state index contributed by atoms with van der Waals surface area (Å²) in [5.74, 6) is 1.29. The lowest BCUT2D eigenvalue weighted by Gasteiger charge is -2.11. The number of imidazole rings is 1. The Bertz CT molecular complexity index is 767. The Balaban J connectivity index is 2.39. The fourth-order valence-corrected chi connectivity index (χ4v) is 2.97. The fraction of sp³-hybridized carbons (Fsp3) is 0.235. The highest BCUT2D eigenvalue weighted by molar-refractivity contribution is 6.17. The number of alkyl halides is 1. The van der Waals surface area contributed by atoms with Crippen LogP contribution >= 0.6 is 11.6 Å². The van der Waals surface area contributed by atoms with Crippen LogP contribution in [0.4, 0.5) is 0 Å². The highest BCUT2D eigenvalue weighted by atomic mass is 35.5. The molecule has 0 fully saturated rings. The van der Waals surface area contributed by atoms with E-state index >= 15 is 0 Å². The molecule has 0 radical (unpaired) electrons. The van der Waals surface area contributed by atoms with Gasteiger partial charge in [0.1, 0.15) is 5.82 Å². The average Bonchev–Trinajstić information content (AvgIpc) is 2.77. The Kier molecular flexibility index (Phi) is 3.27. The fourth-order valence-electron chi connectivity index (χ4n) is 2.79. The molecule has 0 aliphatic heterocycles. The second-order valence-corrected chi connectivity index (χ2v) is 5.55. The maximum atomic E-state index is 6.10. The molecule has 0 saturated carbocycles. The monoisotopic (exact) mass is 284 g/mol. The van der Waals surface area contributed by atoms with E-state index in [4.69, 9.17) is 11.6 Å². The van der Waals surface area contributed by atoms with Crippen LogP contribution in [0, 0.1) is 20.8 Å². The van der Waals surface area contributed by atoms with Crippen LogP contribution < -0.4 is 0 Å². The zero-order chi connectivity index (χ0) is 14.3. The van der Waals surface area contributed by atoms with Crippen molar-refractivity contribution in [3.63, 3.8) is 0 Å². The van der Waals surface area contributed by atoms with Gasteiger partial charge in [-0.15, -0.1) is 11.6 Å². The SMILES string of the molecule is Cc1cc(C)cc(-n2c(CCl)nc3cccc(C)c32)c1. The van der Waals surface area contributed by atoms with Crippen molar-refractivity contribution in [2.75, 3.05) is 0 Å². The number of benzene rings is 2. The predicted molar refractivity (Wildman–Crippen MR) is 84.8 cm³/mol. The Morgan fingerprint density at radius 1 is 1.05 bits per heavy atom. The van der Waals surface area contributed by atoms with Gasteiger partial charge in [0.05, 0.1) is 16.9 Å². The van der Waals surface area contributed by atoms with Crippen LogP contribution in [0.15, 0.2) is 36.4 Å². The Labute approximate surface area is 124 Å². The first-order valence-electron chi connectivity index (χ1n) is 6.71.